The van der Waals surface area contributed by atoms with Crippen molar-refractivity contribution in [2.24, 2.45) is 10.9 Å². The van der Waals surface area contributed by atoms with Crippen molar-refractivity contribution in [1.82, 2.24) is 0 Å². The average molecular weight is 247 g/mol. The van der Waals surface area contributed by atoms with E-state index in [4.69, 9.17) is 4.52 Å². The summed E-state index contributed by atoms with van der Waals surface area (Å²) >= 11 is 0. The monoisotopic (exact) mass is 247 g/mol. The van der Waals surface area contributed by atoms with Crippen LogP contribution < -0.4 is 0 Å². The molecule has 0 saturated heterocycles. The average Bonchev–Trinajstić information content (AvgIpc) is 3.12. The summed E-state index contributed by atoms with van der Waals surface area (Å²) in [7, 11) is 1.98. The Morgan fingerprint density at radius 3 is 2.76 bits per heavy atom. The van der Waals surface area contributed by atoms with Crippen LogP contribution in [0.15, 0.2) is 48.0 Å². The smallest absolute Gasteiger partial charge is 0.336 e. The highest BCUT2D eigenvalue weighted by molar-refractivity contribution is 7.10. The maximum Gasteiger partial charge on any atom is 0.336 e. The molecule has 1 aromatic carbocycles. The van der Waals surface area contributed by atoms with Gasteiger partial charge in [-0.15, -0.1) is 6.58 Å². The normalized spacial score (nSPS) is 26.8. The van der Waals surface area contributed by atoms with E-state index >= 15 is 0 Å². The zero-order chi connectivity index (χ0) is 12.3. The molecular formula is C13H14NO2P. The summed E-state index contributed by atoms with van der Waals surface area (Å²) in [6.45, 7) is 3.70. The summed E-state index contributed by atoms with van der Waals surface area (Å²) < 4.78 is 4.71. The van der Waals surface area contributed by atoms with Crippen molar-refractivity contribution >= 4 is 21.7 Å². The summed E-state index contributed by atoms with van der Waals surface area (Å²) in [5.74, 6) is -0.241. The number of nitrogens with zero attached hydrogens (tertiary/aromatic N) is 1. The lowest BCUT2D eigenvalue weighted by Crippen LogP contribution is -2.23. The molecule has 1 aromatic rings. The minimum atomic E-state index is -0.751. The molecule has 0 amide bonds. The van der Waals surface area contributed by atoms with Crippen molar-refractivity contribution in [1.29, 1.82) is 0 Å². The molecule has 88 valence electrons. The second-order valence-electron chi connectivity index (χ2n) is 4.04. The van der Waals surface area contributed by atoms with E-state index < -0.39 is 5.54 Å². The van der Waals surface area contributed by atoms with Crippen LogP contribution in [0.5, 0.6) is 0 Å². The lowest BCUT2D eigenvalue weighted by molar-refractivity contribution is -0.135. The van der Waals surface area contributed by atoms with Crippen LogP contribution in [0.4, 0.5) is 0 Å². The summed E-state index contributed by atoms with van der Waals surface area (Å²) in [6, 6.07) is 9.68. The summed E-state index contributed by atoms with van der Waals surface area (Å²) in [5.41, 5.74) is 0.220. The molecule has 0 N–H and O–H groups in total. The van der Waals surface area contributed by atoms with Gasteiger partial charge in [-0.2, -0.15) is 0 Å². The van der Waals surface area contributed by atoms with Gasteiger partial charge in [0, 0.05) is 12.1 Å². The van der Waals surface area contributed by atoms with Gasteiger partial charge >= 0.3 is 5.97 Å². The molecule has 0 spiro atoms. The Morgan fingerprint density at radius 2 is 2.24 bits per heavy atom. The van der Waals surface area contributed by atoms with Crippen LogP contribution in [-0.4, -0.2) is 17.7 Å². The molecule has 2 rings (SSSR count). The van der Waals surface area contributed by atoms with Crippen molar-refractivity contribution < 1.29 is 9.32 Å². The Kier molecular flexibility index (Phi) is 3.39. The molecule has 0 aliphatic heterocycles. The predicted octanol–water partition coefficient (Wildman–Crippen LogP) is 2.38. The highest BCUT2D eigenvalue weighted by Gasteiger charge is 2.59. The van der Waals surface area contributed by atoms with Crippen LogP contribution in [0.25, 0.3) is 0 Å². The predicted molar refractivity (Wildman–Crippen MR) is 70.9 cm³/mol. The molecule has 17 heavy (non-hydrogen) atoms. The standard InChI is InChI=1S/C13H14NO2P/c1-2-11-8-13(11,12(15)16-17)14-9-10-6-4-3-5-7-10/h2-7,9,11H,1,8,17H2/b14-9+. The van der Waals surface area contributed by atoms with E-state index in [0.29, 0.717) is 6.42 Å². The molecule has 0 heterocycles. The number of carbonyl (C=O) groups excluding carboxylic acids is 1. The largest absolute Gasteiger partial charge is 0.450 e. The zero-order valence-electron chi connectivity index (χ0n) is 9.37. The van der Waals surface area contributed by atoms with E-state index in [1.54, 1.807) is 12.3 Å². The highest BCUT2D eigenvalue weighted by atomic mass is 31.0. The van der Waals surface area contributed by atoms with Crippen molar-refractivity contribution in [2.45, 2.75) is 12.0 Å². The summed E-state index contributed by atoms with van der Waals surface area (Å²) in [4.78, 5) is 16.1. The number of aliphatic imine (C=N–C) groups is 1. The highest BCUT2D eigenvalue weighted by Crippen LogP contribution is 2.49. The van der Waals surface area contributed by atoms with Gasteiger partial charge < -0.3 is 4.52 Å². The third-order valence-electron chi connectivity index (χ3n) is 2.97. The quantitative estimate of drug-likeness (QED) is 0.465. The topological polar surface area (TPSA) is 38.7 Å². The minimum absolute atomic E-state index is 0.0792. The summed E-state index contributed by atoms with van der Waals surface area (Å²) in [5, 5.41) is 0. The molecule has 3 nitrogen and oxygen atoms in total. The van der Waals surface area contributed by atoms with Crippen LogP contribution in [0.3, 0.4) is 0 Å². The van der Waals surface area contributed by atoms with Gasteiger partial charge in [0.25, 0.3) is 0 Å². The van der Waals surface area contributed by atoms with Crippen LogP contribution >= 0.6 is 9.47 Å². The Hall–Kier alpha value is -1.47. The van der Waals surface area contributed by atoms with E-state index in [0.717, 1.165) is 5.56 Å². The molecule has 1 fully saturated rings. The number of carbonyl (C=O) groups is 1. The van der Waals surface area contributed by atoms with Gasteiger partial charge in [0.2, 0.25) is 0 Å². The zero-order valence-corrected chi connectivity index (χ0v) is 10.5. The number of hydrogen-bond acceptors (Lipinski definition) is 3. The molecule has 4 heteroatoms. The Balaban J connectivity index is 2.18. The lowest BCUT2D eigenvalue weighted by atomic mass is 10.2. The maximum absolute atomic E-state index is 11.7. The number of benzene rings is 1. The SMILES string of the molecule is C=CC1CC1(/N=C/c1ccccc1)C(=O)OP. The molecule has 3 unspecified atom stereocenters. The molecular weight excluding hydrogens is 233 g/mol. The summed E-state index contributed by atoms with van der Waals surface area (Å²) in [6.07, 6.45) is 4.14. The van der Waals surface area contributed by atoms with Gasteiger partial charge in [-0.1, -0.05) is 36.4 Å². The van der Waals surface area contributed by atoms with Gasteiger partial charge in [-0.05, 0) is 12.0 Å². The molecule has 0 aromatic heterocycles. The van der Waals surface area contributed by atoms with Crippen molar-refractivity contribution in [3.05, 3.63) is 48.6 Å². The van der Waals surface area contributed by atoms with Crippen molar-refractivity contribution in [2.75, 3.05) is 0 Å². The third kappa shape index (κ3) is 2.29. The van der Waals surface area contributed by atoms with E-state index in [1.807, 2.05) is 39.8 Å². The maximum atomic E-state index is 11.7. The second-order valence-corrected chi connectivity index (χ2v) is 4.28. The minimum Gasteiger partial charge on any atom is -0.450 e. The number of rotatable bonds is 4. The molecule has 1 saturated carbocycles. The second kappa shape index (κ2) is 4.80. The first-order valence-electron chi connectivity index (χ1n) is 5.37. The molecule has 1 aliphatic carbocycles. The Bertz CT molecular complexity index is 458. The first-order valence-corrected chi connectivity index (χ1v) is 5.84. The lowest BCUT2D eigenvalue weighted by Gasteiger charge is -2.07. The van der Waals surface area contributed by atoms with Gasteiger partial charge in [0.15, 0.2) is 5.54 Å². The Morgan fingerprint density at radius 1 is 1.53 bits per heavy atom. The van der Waals surface area contributed by atoms with Crippen LogP contribution in [0, 0.1) is 5.92 Å². The van der Waals surface area contributed by atoms with Gasteiger partial charge in [-0.25, -0.2) is 4.79 Å². The van der Waals surface area contributed by atoms with E-state index in [9.17, 15) is 4.79 Å². The van der Waals surface area contributed by atoms with E-state index in [-0.39, 0.29) is 11.9 Å². The molecule has 1 aliphatic rings. The molecule has 3 atom stereocenters. The first-order chi connectivity index (χ1) is 8.23. The van der Waals surface area contributed by atoms with Crippen LogP contribution in [-0.2, 0) is 9.32 Å². The third-order valence-corrected chi connectivity index (χ3v) is 3.19. The fourth-order valence-corrected chi connectivity index (χ4v) is 2.03. The Labute approximate surface area is 103 Å². The molecule has 0 radical (unpaired) electrons. The van der Waals surface area contributed by atoms with Crippen molar-refractivity contribution in [3.63, 3.8) is 0 Å². The van der Waals surface area contributed by atoms with Crippen molar-refractivity contribution in [3.8, 4) is 0 Å². The van der Waals surface area contributed by atoms with Gasteiger partial charge in [-0.3, -0.25) is 4.99 Å². The fraction of sp³-hybridized carbons (Fsp3) is 0.231. The van der Waals surface area contributed by atoms with Gasteiger partial charge in [0.1, 0.15) is 0 Å². The van der Waals surface area contributed by atoms with E-state index in [2.05, 4.69) is 11.6 Å². The van der Waals surface area contributed by atoms with Crippen LogP contribution in [0.2, 0.25) is 0 Å². The fourth-order valence-electron chi connectivity index (χ4n) is 1.82. The van der Waals surface area contributed by atoms with Crippen LogP contribution in [0.1, 0.15) is 12.0 Å². The molecule has 0 bridgehead atoms. The van der Waals surface area contributed by atoms with E-state index in [1.165, 1.54) is 0 Å². The van der Waals surface area contributed by atoms with Gasteiger partial charge in [0.05, 0.1) is 9.47 Å². The number of hydrogen-bond donors (Lipinski definition) is 0. The first kappa shape index (κ1) is 12.0.